The standard InChI is InChI=1S/C9H8F2/c1-7-5-6-8(10)3-2-4-9(7)11/h2-3,5H,6H2,1H3. The van der Waals surface area contributed by atoms with Gasteiger partial charge in [0.05, 0.1) is 0 Å². The second-order valence-corrected chi connectivity index (χ2v) is 2.33. The SMILES string of the molecule is CC1=CCC(F)=CC=C=C1F. The van der Waals surface area contributed by atoms with E-state index in [1.807, 2.05) is 0 Å². The molecule has 0 radical (unpaired) electrons. The van der Waals surface area contributed by atoms with E-state index in [9.17, 15) is 8.78 Å². The highest BCUT2D eigenvalue weighted by Gasteiger charge is 1.99. The lowest BCUT2D eigenvalue weighted by Crippen LogP contribution is -1.79. The van der Waals surface area contributed by atoms with Gasteiger partial charge in [0.15, 0.2) is 5.83 Å². The van der Waals surface area contributed by atoms with Crippen LogP contribution in [0.15, 0.2) is 41.2 Å². The monoisotopic (exact) mass is 154 g/mol. The maximum absolute atomic E-state index is 12.7. The van der Waals surface area contributed by atoms with E-state index >= 15 is 0 Å². The van der Waals surface area contributed by atoms with Crippen molar-refractivity contribution in [1.82, 2.24) is 0 Å². The molecule has 0 heterocycles. The molecule has 0 bridgehead atoms. The average Bonchev–Trinajstić information content (AvgIpc) is 1.98. The van der Waals surface area contributed by atoms with Crippen LogP contribution in [0.1, 0.15) is 13.3 Å². The highest BCUT2D eigenvalue weighted by molar-refractivity contribution is 5.27. The van der Waals surface area contributed by atoms with Gasteiger partial charge in [-0.25, -0.2) is 4.39 Å². The fourth-order valence-corrected chi connectivity index (χ4v) is 0.727. The van der Waals surface area contributed by atoms with Crippen LogP contribution < -0.4 is 0 Å². The Morgan fingerprint density at radius 2 is 2.18 bits per heavy atom. The number of allylic oxidation sites excluding steroid dienone is 5. The van der Waals surface area contributed by atoms with Crippen molar-refractivity contribution in [2.75, 3.05) is 0 Å². The molecule has 0 saturated heterocycles. The van der Waals surface area contributed by atoms with Crippen LogP contribution in [0, 0.1) is 0 Å². The first-order chi connectivity index (χ1) is 5.20. The topological polar surface area (TPSA) is 0 Å². The molecular weight excluding hydrogens is 146 g/mol. The first-order valence-corrected chi connectivity index (χ1v) is 3.34. The molecule has 0 aliphatic heterocycles. The zero-order valence-corrected chi connectivity index (χ0v) is 6.20. The molecule has 0 amide bonds. The van der Waals surface area contributed by atoms with Gasteiger partial charge in [0.25, 0.3) is 0 Å². The molecule has 2 heteroatoms. The summed E-state index contributed by atoms with van der Waals surface area (Å²) in [6.45, 7) is 1.59. The van der Waals surface area contributed by atoms with Crippen molar-refractivity contribution >= 4 is 0 Å². The van der Waals surface area contributed by atoms with Crippen LogP contribution in [-0.4, -0.2) is 0 Å². The Labute approximate surface area is 64.2 Å². The predicted octanol–water partition coefficient (Wildman–Crippen LogP) is 3.20. The highest BCUT2D eigenvalue weighted by Crippen LogP contribution is 2.15. The van der Waals surface area contributed by atoms with E-state index in [0.29, 0.717) is 5.57 Å². The second kappa shape index (κ2) is 3.31. The van der Waals surface area contributed by atoms with Crippen LogP contribution in [0.4, 0.5) is 8.78 Å². The molecule has 0 saturated carbocycles. The van der Waals surface area contributed by atoms with Gasteiger partial charge in [0.2, 0.25) is 0 Å². The van der Waals surface area contributed by atoms with Crippen molar-refractivity contribution in [2.24, 2.45) is 0 Å². The third-order valence-corrected chi connectivity index (χ3v) is 1.42. The van der Waals surface area contributed by atoms with Crippen LogP contribution in [0.2, 0.25) is 0 Å². The van der Waals surface area contributed by atoms with Gasteiger partial charge in [-0.3, -0.25) is 0 Å². The number of hydrogen-bond acceptors (Lipinski definition) is 0. The van der Waals surface area contributed by atoms with Crippen LogP contribution in [0.25, 0.3) is 0 Å². The van der Waals surface area contributed by atoms with Gasteiger partial charge in [0.1, 0.15) is 5.83 Å². The van der Waals surface area contributed by atoms with E-state index in [-0.39, 0.29) is 12.2 Å². The smallest absolute Gasteiger partial charge is 0.168 e. The minimum absolute atomic E-state index is 0.164. The highest BCUT2D eigenvalue weighted by atomic mass is 19.1. The van der Waals surface area contributed by atoms with E-state index in [1.165, 1.54) is 18.2 Å². The molecule has 0 spiro atoms. The molecule has 11 heavy (non-hydrogen) atoms. The zero-order chi connectivity index (χ0) is 8.27. The van der Waals surface area contributed by atoms with E-state index in [4.69, 9.17) is 0 Å². The summed E-state index contributed by atoms with van der Waals surface area (Å²) in [5.41, 5.74) is 2.74. The van der Waals surface area contributed by atoms with Gasteiger partial charge < -0.3 is 0 Å². The third-order valence-electron chi connectivity index (χ3n) is 1.42. The van der Waals surface area contributed by atoms with Crippen LogP contribution >= 0.6 is 0 Å². The molecule has 0 fully saturated rings. The zero-order valence-electron chi connectivity index (χ0n) is 6.20. The Morgan fingerprint density at radius 1 is 1.45 bits per heavy atom. The number of rotatable bonds is 0. The van der Waals surface area contributed by atoms with Crippen LogP contribution in [-0.2, 0) is 0 Å². The van der Waals surface area contributed by atoms with Gasteiger partial charge in [-0.1, -0.05) is 11.8 Å². The molecule has 1 aliphatic carbocycles. The first kappa shape index (κ1) is 7.96. The van der Waals surface area contributed by atoms with Crippen molar-refractivity contribution in [1.29, 1.82) is 0 Å². The molecule has 0 atom stereocenters. The van der Waals surface area contributed by atoms with Gasteiger partial charge >= 0.3 is 0 Å². The summed E-state index contributed by atoms with van der Waals surface area (Å²) < 4.78 is 25.2. The summed E-state index contributed by atoms with van der Waals surface area (Å²) in [7, 11) is 0. The van der Waals surface area contributed by atoms with E-state index in [1.54, 1.807) is 6.92 Å². The fraction of sp³-hybridized carbons (Fsp3) is 0.222. The first-order valence-electron chi connectivity index (χ1n) is 3.34. The van der Waals surface area contributed by atoms with E-state index < -0.39 is 5.83 Å². The fourth-order valence-electron chi connectivity index (χ4n) is 0.727. The molecule has 1 aliphatic rings. The minimum Gasteiger partial charge on any atom is -0.211 e. The number of hydrogen-bond donors (Lipinski definition) is 0. The lowest BCUT2D eigenvalue weighted by atomic mass is 10.2. The maximum atomic E-state index is 12.7. The van der Waals surface area contributed by atoms with Crippen molar-refractivity contribution in [3.8, 4) is 0 Å². The van der Waals surface area contributed by atoms with Crippen LogP contribution in [0.5, 0.6) is 0 Å². The van der Waals surface area contributed by atoms with E-state index in [0.717, 1.165) is 0 Å². The molecule has 0 N–H and O–H groups in total. The largest absolute Gasteiger partial charge is 0.211 e. The van der Waals surface area contributed by atoms with Gasteiger partial charge in [-0.2, -0.15) is 4.39 Å². The van der Waals surface area contributed by atoms with E-state index in [2.05, 4.69) is 5.73 Å². The van der Waals surface area contributed by atoms with Crippen molar-refractivity contribution in [2.45, 2.75) is 13.3 Å². The third kappa shape index (κ3) is 2.17. The average molecular weight is 154 g/mol. The molecular formula is C9H8F2. The molecule has 0 unspecified atom stereocenters. The predicted molar refractivity (Wildman–Crippen MR) is 40.3 cm³/mol. The molecule has 0 aromatic carbocycles. The summed E-state index contributed by atoms with van der Waals surface area (Å²) in [4.78, 5) is 0. The molecule has 0 nitrogen and oxygen atoms in total. The normalized spacial score (nSPS) is 17.9. The summed E-state index contributed by atoms with van der Waals surface area (Å²) in [5.74, 6) is -0.696. The Balaban J connectivity index is 3.04. The maximum Gasteiger partial charge on any atom is 0.168 e. The Hall–Kier alpha value is -1.14. The summed E-state index contributed by atoms with van der Waals surface area (Å²) >= 11 is 0. The Bertz CT molecular complexity index is 276. The summed E-state index contributed by atoms with van der Waals surface area (Å²) in [6.07, 6.45) is 4.13. The molecule has 0 aromatic rings. The Kier molecular flexibility index (Phi) is 2.40. The van der Waals surface area contributed by atoms with Gasteiger partial charge in [-0.05, 0) is 24.6 Å². The summed E-state index contributed by atoms with van der Waals surface area (Å²) in [5, 5.41) is 0. The Morgan fingerprint density at radius 3 is 2.91 bits per heavy atom. The van der Waals surface area contributed by atoms with Crippen molar-refractivity contribution < 1.29 is 8.78 Å². The molecule has 1 rings (SSSR count). The summed E-state index contributed by atoms with van der Waals surface area (Å²) in [6, 6.07) is 0. The quantitative estimate of drug-likeness (QED) is 0.470. The molecule has 0 aromatic heterocycles. The van der Waals surface area contributed by atoms with Crippen molar-refractivity contribution in [3.05, 3.63) is 41.2 Å². The lowest BCUT2D eigenvalue weighted by molar-refractivity contribution is 0.612. The van der Waals surface area contributed by atoms with Crippen LogP contribution in [0.3, 0.4) is 0 Å². The van der Waals surface area contributed by atoms with Gasteiger partial charge in [0, 0.05) is 6.42 Å². The lowest BCUT2D eigenvalue weighted by Gasteiger charge is -1.96. The van der Waals surface area contributed by atoms with Crippen molar-refractivity contribution in [3.63, 3.8) is 0 Å². The second-order valence-electron chi connectivity index (χ2n) is 2.33. The van der Waals surface area contributed by atoms with Gasteiger partial charge in [-0.15, -0.1) is 0 Å². The molecule has 58 valence electrons. The number of halogens is 2. The minimum atomic E-state index is -0.422.